The van der Waals surface area contributed by atoms with Gasteiger partial charge >= 0.3 is 0 Å². The lowest BCUT2D eigenvalue weighted by molar-refractivity contribution is -0.137. The van der Waals surface area contributed by atoms with Crippen LogP contribution in [0.3, 0.4) is 0 Å². The number of amides is 3. The highest BCUT2D eigenvalue weighted by Gasteiger charge is 2.27. The topological polar surface area (TPSA) is 78.5 Å². The van der Waals surface area contributed by atoms with Crippen LogP contribution in [0.2, 0.25) is 0 Å². The smallest absolute Gasteiger partial charge is 0.254 e. The molecule has 1 fully saturated rings. The maximum atomic E-state index is 13.6. The van der Waals surface area contributed by atoms with E-state index in [1.165, 1.54) is 0 Å². The number of hydrogen-bond acceptors (Lipinski definition) is 3. The number of rotatable bonds is 9. The molecule has 0 spiro atoms. The predicted octanol–water partition coefficient (Wildman–Crippen LogP) is 3.02. The first-order chi connectivity index (χ1) is 14.3. The van der Waals surface area contributed by atoms with Crippen molar-refractivity contribution in [1.29, 1.82) is 0 Å². The van der Waals surface area contributed by atoms with E-state index >= 15 is 0 Å². The molecule has 0 atom stereocenters. The molecule has 1 heterocycles. The highest BCUT2D eigenvalue weighted by molar-refractivity contribution is 5.94. The summed E-state index contributed by atoms with van der Waals surface area (Å²) in [7, 11) is 0. The van der Waals surface area contributed by atoms with E-state index in [-0.39, 0.29) is 42.3 Å². The van der Waals surface area contributed by atoms with Crippen LogP contribution in [-0.4, -0.2) is 48.3 Å². The molecule has 1 aliphatic heterocycles. The Morgan fingerprint density at radius 2 is 1.80 bits per heavy atom. The van der Waals surface area contributed by atoms with Crippen molar-refractivity contribution in [1.82, 2.24) is 15.5 Å². The number of benzene rings is 1. The van der Waals surface area contributed by atoms with Crippen molar-refractivity contribution in [3.8, 4) is 0 Å². The summed E-state index contributed by atoms with van der Waals surface area (Å²) >= 11 is 0. The summed E-state index contributed by atoms with van der Waals surface area (Å²) in [4.78, 5) is 38.4. The molecule has 1 aromatic carbocycles. The van der Waals surface area contributed by atoms with Crippen LogP contribution in [0.1, 0.15) is 62.7 Å². The summed E-state index contributed by atoms with van der Waals surface area (Å²) in [5.74, 6) is -2.12. The first kappa shape index (κ1) is 23.8. The summed E-state index contributed by atoms with van der Waals surface area (Å²) in [5, 5.41) is 5.51. The molecule has 0 aliphatic carbocycles. The third kappa shape index (κ3) is 6.78. The van der Waals surface area contributed by atoms with Crippen LogP contribution in [-0.2, 0) is 9.59 Å². The average molecular weight is 424 g/mol. The molecule has 2 N–H and O–H groups in total. The summed E-state index contributed by atoms with van der Waals surface area (Å²) in [6, 6.07) is 2.82. The Bertz CT molecular complexity index is 745. The maximum Gasteiger partial charge on any atom is 0.254 e. The SMILES string of the molecule is CCC(CC)C(=O)N1CCC(NC(=O)CCCNC(=O)c2ccc(F)cc2F)CC1. The second-order valence-corrected chi connectivity index (χ2v) is 7.66. The Balaban J connectivity index is 1.65. The maximum absolute atomic E-state index is 13.6. The third-order valence-electron chi connectivity index (χ3n) is 5.55. The molecule has 8 heteroatoms. The molecule has 0 radical (unpaired) electrons. The highest BCUT2D eigenvalue weighted by Crippen LogP contribution is 2.17. The second-order valence-electron chi connectivity index (χ2n) is 7.66. The number of nitrogens with one attached hydrogen (secondary N) is 2. The van der Waals surface area contributed by atoms with Crippen molar-refractivity contribution in [3.63, 3.8) is 0 Å². The van der Waals surface area contributed by atoms with Crippen LogP contribution in [0.15, 0.2) is 18.2 Å². The molecule has 0 saturated carbocycles. The van der Waals surface area contributed by atoms with Gasteiger partial charge in [0.1, 0.15) is 11.6 Å². The summed E-state index contributed by atoms with van der Waals surface area (Å²) in [6.45, 7) is 5.57. The molecular formula is C22H31F2N3O3. The zero-order valence-corrected chi connectivity index (χ0v) is 17.7. The van der Waals surface area contributed by atoms with E-state index in [1.54, 1.807) is 0 Å². The van der Waals surface area contributed by atoms with Gasteiger partial charge in [-0.15, -0.1) is 0 Å². The van der Waals surface area contributed by atoms with Gasteiger partial charge in [0.05, 0.1) is 5.56 Å². The van der Waals surface area contributed by atoms with E-state index in [2.05, 4.69) is 10.6 Å². The molecule has 0 unspecified atom stereocenters. The Kier molecular flexibility index (Phi) is 9.20. The third-order valence-corrected chi connectivity index (χ3v) is 5.55. The standard InChI is InChI=1S/C22H31F2N3O3/c1-3-15(4-2)22(30)27-12-9-17(10-13-27)26-20(28)6-5-11-25-21(29)18-8-7-16(23)14-19(18)24/h7-8,14-15,17H,3-6,9-13H2,1-2H3,(H,25,29)(H,26,28). The van der Waals surface area contributed by atoms with Crippen LogP contribution in [0.5, 0.6) is 0 Å². The molecule has 0 bridgehead atoms. The molecule has 2 rings (SSSR count). The van der Waals surface area contributed by atoms with E-state index in [9.17, 15) is 23.2 Å². The Hall–Kier alpha value is -2.51. The number of carbonyl (C=O) groups is 3. The zero-order chi connectivity index (χ0) is 22.1. The fourth-order valence-corrected chi connectivity index (χ4v) is 3.66. The van der Waals surface area contributed by atoms with Crippen molar-refractivity contribution >= 4 is 17.7 Å². The van der Waals surface area contributed by atoms with Crippen LogP contribution < -0.4 is 10.6 Å². The Morgan fingerprint density at radius 1 is 1.13 bits per heavy atom. The van der Waals surface area contributed by atoms with E-state index in [1.807, 2.05) is 18.7 Å². The zero-order valence-electron chi connectivity index (χ0n) is 17.7. The van der Waals surface area contributed by atoms with Gasteiger partial charge in [0.2, 0.25) is 11.8 Å². The van der Waals surface area contributed by atoms with Crippen molar-refractivity contribution in [3.05, 3.63) is 35.4 Å². The number of nitrogens with zero attached hydrogens (tertiary/aromatic N) is 1. The molecule has 1 saturated heterocycles. The van der Waals surface area contributed by atoms with Gasteiger partial charge in [-0.25, -0.2) is 8.78 Å². The first-order valence-corrected chi connectivity index (χ1v) is 10.7. The number of carbonyl (C=O) groups excluding carboxylic acids is 3. The van der Waals surface area contributed by atoms with Crippen LogP contribution in [0, 0.1) is 17.6 Å². The largest absolute Gasteiger partial charge is 0.353 e. The van der Waals surface area contributed by atoms with Gasteiger partial charge in [-0.3, -0.25) is 14.4 Å². The quantitative estimate of drug-likeness (QED) is 0.600. The second kappa shape index (κ2) is 11.6. The fourth-order valence-electron chi connectivity index (χ4n) is 3.66. The molecule has 166 valence electrons. The molecule has 6 nitrogen and oxygen atoms in total. The number of hydrogen-bond donors (Lipinski definition) is 2. The minimum Gasteiger partial charge on any atom is -0.353 e. The number of likely N-dealkylation sites (tertiary alicyclic amines) is 1. The lowest BCUT2D eigenvalue weighted by Gasteiger charge is -2.34. The van der Waals surface area contributed by atoms with Gasteiger partial charge < -0.3 is 15.5 Å². The average Bonchev–Trinajstić information content (AvgIpc) is 2.72. The van der Waals surface area contributed by atoms with E-state index in [0.717, 1.165) is 37.8 Å². The predicted molar refractivity (Wildman–Crippen MR) is 110 cm³/mol. The van der Waals surface area contributed by atoms with Crippen LogP contribution in [0.4, 0.5) is 8.78 Å². The van der Waals surface area contributed by atoms with Crippen LogP contribution >= 0.6 is 0 Å². The normalized spacial score (nSPS) is 14.6. The van der Waals surface area contributed by atoms with E-state index in [4.69, 9.17) is 0 Å². The van der Waals surface area contributed by atoms with Crippen molar-refractivity contribution in [2.75, 3.05) is 19.6 Å². The lowest BCUT2D eigenvalue weighted by Crippen LogP contribution is -2.48. The monoisotopic (exact) mass is 423 g/mol. The number of halogens is 2. The fraction of sp³-hybridized carbons (Fsp3) is 0.591. The van der Waals surface area contributed by atoms with Gasteiger partial charge in [0.15, 0.2) is 0 Å². The van der Waals surface area contributed by atoms with E-state index < -0.39 is 17.5 Å². The van der Waals surface area contributed by atoms with Crippen molar-refractivity contribution < 1.29 is 23.2 Å². The first-order valence-electron chi connectivity index (χ1n) is 10.7. The number of piperidine rings is 1. The van der Waals surface area contributed by atoms with Gasteiger partial charge in [-0.1, -0.05) is 13.8 Å². The molecule has 1 aromatic rings. The van der Waals surface area contributed by atoms with Crippen molar-refractivity contribution in [2.24, 2.45) is 5.92 Å². The van der Waals surface area contributed by atoms with Gasteiger partial charge in [-0.2, -0.15) is 0 Å². The molecule has 3 amide bonds. The van der Waals surface area contributed by atoms with Crippen LogP contribution in [0.25, 0.3) is 0 Å². The minimum absolute atomic E-state index is 0.0474. The lowest BCUT2D eigenvalue weighted by atomic mass is 9.98. The van der Waals surface area contributed by atoms with Crippen molar-refractivity contribution in [2.45, 2.75) is 58.4 Å². The van der Waals surface area contributed by atoms with E-state index in [0.29, 0.717) is 25.6 Å². The molecule has 30 heavy (non-hydrogen) atoms. The summed E-state index contributed by atoms with van der Waals surface area (Å²) in [6.07, 6.45) is 3.80. The highest BCUT2D eigenvalue weighted by atomic mass is 19.1. The summed E-state index contributed by atoms with van der Waals surface area (Å²) < 4.78 is 26.5. The molecule has 1 aliphatic rings. The minimum atomic E-state index is -0.917. The Morgan fingerprint density at radius 3 is 2.40 bits per heavy atom. The van der Waals surface area contributed by atoms with Gasteiger partial charge in [0, 0.05) is 44.1 Å². The Labute approximate surface area is 176 Å². The summed E-state index contributed by atoms with van der Waals surface area (Å²) in [5.41, 5.74) is -0.226. The molecule has 0 aromatic heterocycles. The molecular weight excluding hydrogens is 392 g/mol. The van der Waals surface area contributed by atoms with Gasteiger partial charge in [-0.05, 0) is 44.2 Å². The van der Waals surface area contributed by atoms with Gasteiger partial charge in [0.25, 0.3) is 5.91 Å².